The second-order valence-electron chi connectivity index (χ2n) is 5.96. The average Bonchev–Trinajstić information content (AvgIpc) is 2.46. The number of amides is 1. The molecular formula is C16H32N2O2. The van der Waals surface area contributed by atoms with E-state index in [0.29, 0.717) is 26.1 Å². The highest BCUT2D eigenvalue weighted by atomic mass is 16.5. The molecule has 1 heterocycles. The Morgan fingerprint density at radius 1 is 1.20 bits per heavy atom. The van der Waals surface area contributed by atoms with Gasteiger partial charge < -0.3 is 15.4 Å². The summed E-state index contributed by atoms with van der Waals surface area (Å²) in [7, 11) is 0. The van der Waals surface area contributed by atoms with Crippen LogP contribution < -0.4 is 5.73 Å². The molecule has 1 rings (SSSR count). The Morgan fingerprint density at radius 2 is 1.85 bits per heavy atom. The molecule has 2 unspecified atom stereocenters. The zero-order valence-corrected chi connectivity index (χ0v) is 13.3. The van der Waals surface area contributed by atoms with Crippen LogP contribution in [0.25, 0.3) is 0 Å². The first-order valence-corrected chi connectivity index (χ1v) is 8.30. The Bertz CT molecular complexity index is 271. The molecule has 0 aromatic heterocycles. The molecule has 4 nitrogen and oxygen atoms in total. The van der Waals surface area contributed by atoms with Crippen LogP contribution in [0.4, 0.5) is 0 Å². The van der Waals surface area contributed by atoms with Gasteiger partial charge in [0, 0.05) is 19.5 Å². The van der Waals surface area contributed by atoms with E-state index in [4.69, 9.17) is 10.5 Å². The summed E-state index contributed by atoms with van der Waals surface area (Å²) >= 11 is 0. The molecule has 0 spiro atoms. The highest BCUT2D eigenvalue weighted by Crippen LogP contribution is 2.15. The van der Waals surface area contributed by atoms with E-state index in [9.17, 15) is 4.79 Å². The molecule has 0 radical (unpaired) electrons. The van der Waals surface area contributed by atoms with Gasteiger partial charge in [0.1, 0.15) is 0 Å². The minimum absolute atomic E-state index is 0.0178. The minimum atomic E-state index is 0.0178. The fraction of sp³-hybridized carbons (Fsp3) is 0.938. The van der Waals surface area contributed by atoms with E-state index in [1.807, 2.05) is 4.90 Å². The summed E-state index contributed by atoms with van der Waals surface area (Å²) in [6, 6.07) is 0.190. The molecule has 20 heavy (non-hydrogen) atoms. The van der Waals surface area contributed by atoms with Gasteiger partial charge in [0.2, 0.25) is 5.91 Å². The maximum absolute atomic E-state index is 12.2. The molecule has 2 N–H and O–H groups in total. The number of nitrogens with two attached hydrogens (primary N) is 1. The van der Waals surface area contributed by atoms with Gasteiger partial charge in [0.15, 0.2) is 0 Å². The van der Waals surface area contributed by atoms with Crippen LogP contribution in [-0.4, -0.2) is 42.6 Å². The largest absolute Gasteiger partial charge is 0.373 e. The molecule has 0 bridgehead atoms. The summed E-state index contributed by atoms with van der Waals surface area (Å²) in [6.45, 7) is 6.05. The molecule has 1 saturated heterocycles. The van der Waals surface area contributed by atoms with Crippen molar-refractivity contribution < 1.29 is 9.53 Å². The van der Waals surface area contributed by atoms with Crippen molar-refractivity contribution >= 4 is 5.91 Å². The van der Waals surface area contributed by atoms with Gasteiger partial charge in [-0.1, -0.05) is 45.4 Å². The van der Waals surface area contributed by atoms with E-state index < -0.39 is 0 Å². The van der Waals surface area contributed by atoms with E-state index >= 15 is 0 Å². The summed E-state index contributed by atoms with van der Waals surface area (Å²) in [5.74, 6) is 0.271. The van der Waals surface area contributed by atoms with Gasteiger partial charge in [-0.05, 0) is 13.3 Å². The van der Waals surface area contributed by atoms with Crippen LogP contribution in [0.1, 0.15) is 65.2 Å². The van der Waals surface area contributed by atoms with Crippen LogP contribution in [0.15, 0.2) is 0 Å². The summed E-state index contributed by atoms with van der Waals surface area (Å²) in [4.78, 5) is 14.2. The van der Waals surface area contributed by atoms with Crippen LogP contribution in [0.2, 0.25) is 0 Å². The molecule has 118 valence electrons. The van der Waals surface area contributed by atoms with Crippen LogP contribution in [-0.2, 0) is 9.53 Å². The van der Waals surface area contributed by atoms with Gasteiger partial charge in [0.05, 0.1) is 18.8 Å². The summed E-state index contributed by atoms with van der Waals surface area (Å²) in [5.41, 5.74) is 5.63. The van der Waals surface area contributed by atoms with Crippen molar-refractivity contribution in [3.63, 3.8) is 0 Å². The molecule has 4 heteroatoms. The Kier molecular flexibility index (Phi) is 8.86. The van der Waals surface area contributed by atoms with Crippen molar-refractivity contribution in [1.82, 2.24) is 4.90 Å². The third kappa shape index (κ3) is 6.23. The zero-order valence-electron chi connectivity index (χ0n) is 13.3. The molecule has 1 amide bonds. The number of morpholine rings is 1. The predicted molar refractivity (Wildman–Crippen MR) is 82.6 cm³/mol. The second kappa shape index (κ2) is 10.2. The highest BCUT2D eigenvalue weighted by Gasteiger charge is 2.28. The SMILES string of the molecule is CCCCCCCCCC(=O)N1CC(CN)OCC1C. The summed E-state index contributed by atoms with van der Waals surface area (Å²) < 4.78 is 5.58. The van der Waals surface area contributed by atoms with Crippen molar-refractivity contribution in [2.24, 2.45) is 5.73 Å². The number of carbonyl (C=O) groups excluding carboxylic acids is 1. The van der Waals surface area contributed by atoms with Crippen molar-refractivity contribution in [3.8, 4) is 0 Å². The molecule has 1 fully saturated rings. The third-order valence-electron chi connectivity index (χ3n) is 4.08. The fourth-order valence-electron chi connectivity index (χ4n) is 2.68. The van der Waals surface area contributed by atoms with E-state index in [0.717, 1.165) is 6.42 Å². The average molecular weight is 284 g/mol. The zero-order chi connectivity index (χ0) is 14.8. The number of hydrogen-bond acceptors (Lipinski definition) is 3. The monoisotopic (exact) mass is 284 g/mol. The maximum atomic E-state index is 12.2. The van der Waals surface area contributed by atoms with Crippen molar-refractivity contribution in [1.29, 1.82) is 0 Å². The second-order valence-corrected chi connectivity index (χ2v) is 5.96. The van der Waals surface area contributed by atoms with E-state index in [1.54, 1.807) is 0 Å². The molecule has 0 saturated carbocycles. The lowest BCUT2D eigenvalue weighted by Gasteiger charge is -2.37. The van der Waals surface area contributed by atoms with E-state index in [1.165, 1.54) is 38.5 Å². The summed E-state index contributed by atoms with van der Waals surface area (Å²) in [6.07, 6.45) is 9.42. The minimum Gasteiger partial charge on any atom is -0.373 e. The predicted octanol–water partition coefficient (Wildman–Crippen LogP) is 2.70. The lowest BCUT2D eigenvalue weighted by molar-refractivity contribution is -0.143. The first kappa shape index (κ1) is 17.4. The number of ether oxygens (including phenoxy) is 1. The molecule has 1 aliphatic heterocycles. The summed E-state index contributed by atoms with van der Waals surface area (Å²) in [5, 5.41) is 0. The van der Waals surface area contributed by atoms with Gasteiger partial charge in [0.25, 0.3) is 0 Å². The van der Waals surface area contributed by atoms with Crippen LogP contribution in [0, 0.1) is 0 Å². The molecule has 2 atom stereocenters. The molecule has 0 aliphatic carbocycles. The Labute approximate surface area is 124 Å². The molecule has 0 aromatic rings. The standard InChI is InChI=1S/C16H32N2O2/c1-3-4-5-6-7-8-9-10-16(19)18-12-15(11-17)20-13-14(18)2/h14-15H,3-13,17H2,1-2H3. The molecular weight excluding hydrogens is 252 g/mol. The van der Waals surface area contributed by atoms with Gasteiger partial charge >= 0.3 is 0 Å². The van der Waals surface area contributed by atoms with E-state index in [2.05, 4.69) is 13.8 Å². The first-order valence-electron chi connectivity index (χ1n) is 8.30. The topological polar surface area (TPSA) is 55.6 Å². The fourth-order valence-corrected chi connectivity index (χ4v) is 2.68. The first-order chi connectivity index (χ1) is 9.69. The van der Waals surface area contributed by atoms with Crippen LogP contribution in [0.3, 0.4) is 0 Å². The van der Waals surface area contributed by atoms with Crippen molar-refractivity contribution in [3.05, 3.63) is 0 Å². The molecule has 0 aromatic carbocycles. The van der Waals surface area contributed by atoms with Gasteiger partial charge in [-0.15, -0.1) is 0 Å². The number of carbonyl (C=O) groups is 1. The highest BCUT2D eigenvalue weighted by molar-refractivity contribution is 5.76. The maximum Gasteiger partial charge on any atom is 0.222 e. The van der Waals surface area contributed by atoms with Gasteiger partial charge in [-0.25, -0.2) is 0 Å². The lowest BCUT2D eigenvalue weighted by atomic mass is 10.1. The number of hydrogen-bond donors (Lipinski definition) is 1. The van der Waals surface area contributed by atoms with Crippen LogP contribution >= 0.6 is 0 Å². The Hall–Kier alpha value is -0.610. The smallest absolute Gasteiger partial charge is 0.222 e. The van der Waals surface area contributed by atoms with Crippen molar-refractivity contribution in [2.45, 2.75) is 77.4 Å². The number of nitrogens with zero attached hydrogens (tertiary/aromatic N) is 1. The normalized spacial score (nSPS) is 23.1. The lowest BCUT2D eigenvalue weighted by Crippen LogP contribution is -2.52. The van der Waals surface area contributed by atoms with Gasteiger partial charge in [-0.3, -0.25) is 4.79 Å². The quantitative estimate of drug-likeness (QED) is 0.662. The Balaban J connectivity index is 2.14. The molecule has 1 aliphatic rings. The van der Waals surface area contributed by atoms with Crippen molar-refractivity contribution in [2.75, 3.05) is 19.7 Å². The third-order valence-corrected chi connectivity index (χ3v) is 4.08. The number of unbranched alkanes of at least 4 members (excludes halogenated alkanes) is 6. The van der Waals surface area contributed by atoms with E-state index in [-0.39, 0.29) is 18.1 Å². The number of rotatable bonds is 9. The van der Waals surface area contributed by atoms with Gasteiger partial charge in [-0.2, -0.15) is 0 Å². The Morgan fingerprint density at radius 3 is 2.50 bits per heavy atom. The van der Waals surface area contributed by atoms with Crippen LogP contribution in [0.5, 0.6) is 0 Å².